The summed E-state index contributed by atoms with van der Waals surface area (Å²) >= 11 is 0. The number of anilines is 2. The minimum absolute atomic E-state index is 0.252. The zero-order valence-corrected chi connectivity index (χ0v) is 13.6. The van der Waals surface area contributed by atoms with E-state index in [0.717, 1.165) is 22.9 Å². The van der Waals surface area contributed by atoms with Crippen LogP contribution < -0.4 is 10.2 Å². The van der Waals surface area contributed by atoms with Crippen molar-refractivity contribution >= 4 is 22.7 Å². The van der Waals surface area contributed by atoms with E-state index in [2.05, 4.69) is 5.32 Å². The second-order valence-corrected chi connectivity index (χ2v) is 5.57. The number of non-ortho nitro benzene ring substituents is 1. The van der Waals surface area contributed by atoms with Gasteiger partial charge in [0.15, 0.2) is 0 Å². The van der Waals surface area contributed by atoms with E-state index in [1.54, 1.807) is 0 Å². The van der Waals surface area contributed by atoms with Gasteiger partial charge in [0.2, 0.25) is 0 Å². The Balaban J connectivity index is 2.23. The molecular weight excluding hydrogens is 312 g/mol. The lowest BCUT2D eigenvalue weighted by Gasteiger charge is -2.15. The SMILES string of the molecule is Cc1cc(N(C)C)ccc1CNc1ccc([N+](=O)[O-])cc1[N+](=O)[O-]. The summed E-state index contributed by atoms with van der Waals surface area (Å²) in [6.45, 7) is 2.35. The monoisotopic (exact) mass is 330 g/mol. The summed E-state index contributed by atoms with van der Waals surface area (Å²) in [6, 6.07) is 9.52. The van der Waals surface area contributed by atoms with E-state index in [1.807, 2.05) is 44.1 Å². The number of hydrogen-bond acceptors (Lipinski definition) is 6. The molecule has 8 heteroatoms. The van der Waals surface area contributed by atoms with Gasteiger partial charge in [-0.05, 0) is 36.2 Å². The first-order valence-corrected chi connectivity index (χ1v) is 7.23. The highest BCUT2D eigenvalue weighted by Gasteiger charge is 2.19. The molecule has 8 nitrogen and oxygen atoms in total. The lowest BCUT2D eigenvalue weighted by molar-refractivity contribution is -0.393. The van der Waals surface area contributed by atoms with Crippen LogP contribution in [-0.4, -0.2) is 23.9 Å². The number of nitrogens with one attached hydrogen (secondary N) is 1. The van der Waals surface area contributed by atoms with Gasteiger partial charge in [0, 0.05) is 32.4 Å². The van der Waals surface area contributed by atoms with Crippen LogP contribution in [0.3, 0.4) is 0 Å². The Morgan fingerprint density at radius 3 is 2.29 bits per heavy atom. The number of rotatable bonds is 6. The molecule has 2 rings (SSSR count). The third-order valence-electron chi connectivity index (χ3n) is 3.70. The van der Waals surface area contributed by atoms with Gasteiger partial charge in [-0.2, -0.15) is 0 Å². The van der Waals surface area contributed by atoms with Gasteiger partial charge in [-0.25, -0.2) is 0 Å². The van der Waals surface area contributed by atoms with E-state index >= 15 is 0 Å². The first-order valence-electron chi connectivity index (χ1n) is 7.23. The van der Waals surface area contributed by atoms with Crippen molar-refractivity contribution in [3.8, 4) is 0 Å². The van der Waals surface area contributed by atoms with E-state index in [9.17, 15) is 20.2 Å². The Morgan fingerprint density at radius 1 is 1.04 bits per heavy atom. The maximum atomic E-state index is 11.1. The van der Waals surface area contributed by atoms with Crippen molar-refractivity contribution < 1.29 is 9.85 Å². The second kappa shape index (κ2) is 6.95. The van der Waals surface area contributed by atoms with E-state index in [0.29, 0.717) is 6.54 Å². The average Bonchev–Trinajstić information content (AvgIpc) is 2.53. The summed E-state index contributed by atoms with van der Waals surface area (Å²) in [5.74, 6) is 0. The van der Waals surface area contributed by atoms with E-state index < -0.39 is 9.85 Å². The molecule has 0 saturated heterocycles. The van der Waals surface area contributed by atoms with Crippen molar-refractivity contribution in [3.05, 3.63) is 67.8 Å². The van der Waals surface area contributed by atoms with Crippen LogP contribution in [0, 0.1) is 27.2 Å². The molecule has 0 aromatic heterocycles. The summed E-state index contributed by atoms with van der Waals surface area (Å²) in [7, 11) is 3.90. The quantitative estimate of drug-likeness (QED) is 0.642. The number of hydrogen-bond donors (Lipinski definition) is 1. The maximum absolute atomic E-state index is 11.1. The van der Waals surface area contributed by atoms with Crippen molar-refractivity contribution in [3.63, 3.8) is 0 Å². The van der Waals surface area contributed by atoms with Crippen LogP contribution in [0.1, 0.15) is 11.1 Å². The molecule has 126 valence electrons. The van der Waals surface area contributed by atoms with Gasteiger partial charge in [-0.15, -0.1) is 0 Å². The average molecular weight is 330 g/mol. The summed E-state index contributed by atoms with van der Waals surface area (Å²) in [4.78, 5) is 22.6. The molecule has 0 radical (unpaired) electrons. The minimum Gasteiger partial charge on any atom is -0.378 e. The lowest BCUT2D eigenvalue weighted by atomic mass is 10.1. The molecule has 2 aromatic carbocycles. The molecule has 0 aliphatic heterocycles. The van der Waals surface area contributed by atoms with Gasteiger partial charge in [0.25, 0.3) is 11.4 Å². The Labute approximate surface area is 139 Å². The zero-order chi connectivity index (χ0) is 17.9. The highest BCUT2D eigenvalue weighted by Crippen LogP contribution is 2.29. The molecule has 0 amide bonds. The van der Waals surface area contributed by atoms with Gasteiger partial charge in [0.1, 0.15) is 5.69 Å². The van der Waals surface area contributed by atoms with Gasteiger partial charge in [-0.1, -0.05) is 6.07 Å². The molecule has 0 heterocycles. The molecule has 0 bridgehead atoms. The van der Waals surface area contributed by atoms with Crippen molar-refractivity contribution in [2.45, 2.75) is 13.5 Å². The number of nitrogens with zero attached hydrogens (tertiary/aromatic N) is 3. The van der Waals surface area contributed by atoms with Crippen LogP contribution in [0.25, 0.3) is 0 Å². The Morgan fingerprint density at radius 2 is 1.75 bits per heavy atom. The topological polar surface area (TPSA) is 102 Å². The van der Waals surface area contributed by atoms with Crippen LogP contribution in [0.2, 0.25) is 0 Å². The van der Waals surface area contributed by atoms with Crippen molar-refractivity contribution in [1.82, 2.24) is 0 Å². The molecule has 0 aliphatic rings. The van der Waals surface area contributed by atoms with E-state index in [-0.39, 0.29) is 17.1 Å². The van der Waals surface area contributed by atoms with Crippen LogP contribution in [0.4, 0.5) is 22.7 Å². The molecule has 1 N–H and O–H groups in total. The van der Waals surface area contributed by atoms with Crippen LogP contribution in [0.15, 0.2) is 36.4 Å². The number of nitro benzene ring substituents is 2. The second-order valence-electron chi connectivity index (χ2n) is 5.57. The largest absolute Gasteiger partial charge is 0.378 e. The molecule has 24 heavy (non-hydrogen) atoms. The summed E-state index contributed by atoms with van der Waals surface area (Å²) in [6.07, 6.45) is 0. The fourth-order valence-corrected chi connectivity index (χ4v) is 2.28. The first kappa shape index (κ1) is 17.2. The van der Waals surface area contributed by atoms with Crippen LogP contribution >= 0.6 is 0 Å². The zero-order valence-electron chi connectivity index (χ0n) is 13.6. The Kier molecular flexibility index (Phi) is 4.98. The fraction of sp³-hybridized carbons (Fsp3) is 0.250. The third kappa shape index (κ3) is 3.78. The van der Waals surface area contributed by atoms with Gasteiger partial charge >= 0.3 is 0 Å². The lowest BCUT2D eigenvalue weighted by Crippen LogP contribution is -2.10. The van der Waals surface area contributed by atoms with E-state index in [4.69, 9.17) is 0 Å². The number of aryl methyl sites for hydroxylation is 1. The molecule has 0 saturated carbocycles. The molecule has 0 unspecified atom stereocenters. The van der Waals surface area contributed by atoms with Gasteiger partial charge in [-0.3, -0.25) is 20.2 Å². The van der Waals surface area contributed by atoms with Crippen LogP contribution in [-0.2, 0) is 6.54 Å². The standard InChI is InChI=1S/C16H18N4O4/c1-11-8-13(18(2)3)5-4-12(11)10-17-15-7-6-14(19(21)22)9-16(15)20(23)24/h4-9,17H,10H2,1-3H3. The fourth-order valence-electron chi connectivity index (χ4n) is 2.28. The number of nitro groups is 2. The highest BCUT2D eigenvalue weighted by atomic mass is 16.6. The summed E-state index contributed by atoms with van der Waals surface area (Å²) in [5, 5.41) is 24.9. The summed E-state index contributed by atoms with van der Waals surface area (Å²) < 4.78 is 0. The third-order valence-corrected chi connectivity index (χ3v) is 3.70. The first-order chi connectivity index (χ1) is 11.3. The van der Waals surface area contributed by atoms with E-state index in [1.165, 1.54) is 12.1 Å². The van der Waals surface area contributed by atoms with Crippen molar-refractivity contribution in [2.75, 3.05) is 24.3 Å². The smallest absolute Gasteiger partial charge is 0.299 e. The minimum atomic E-state index is -0.652. The van der Waals surface area contributed by atoms with Gasteiger partial charge in [0.05, 0.1) is 15.9 Å². The molecule has 0 spiro atoms. The normalized spacial score (nSPS) is 10.3. The highest BCUT2D eigenvalue weighted by molar-refractivity contribution is 5.65. The molecule has 2 aromatic rings. The Bertz CT molecular complexity index is 790. The molecule has 0 aliphatic carbocycles. The molecular formula is C16H18N4O4. The van der Waals surface area contributed by atoms with Crippen molar-refractivity contribution in [2.24, 2.45) is 0 Å². The van der Waals surface area contributed by atoms with Gasteiger partial charge < -0.3 is 10.2 Å². The predicted octanol–water partition coefficient (Wildman–Crippen LogP) is 3.49. The predicted molar refractivity (Wildman–Crippen MR) is 92.6 cm³/mol. The molecule has 0 atom stereocenters. The van der Waals surface area contributed by atoms with Crippen LogP contribution in [0.5, 0.6) is 0 Å². The Hall–Kier alpha value is -3.16. The molecule has 0 fully saturated rings. The van der Waals surface area contributed by atoms with Crippen molar-refractivity contribution in [1.29, 1.82) is 0 Å². The summed E-state index contributed by atoms with van der Waals surface area (Å²) in [5.41, 5.74) is 2.75. The maximum Gasteiger partial charge on any atom is 0.299 e. The number of benzene rings is 2.